The first-order chi connectivity index (χ1) is 17.2. The lowest BCUT2D eigenvalue weighted by Gasteiger charge is -2.10. The number of carbonyl (C=O) groups excluding carboxylic acids is 3. The van der Waals surface area contributed by atoms with Gasteiger partial charge >= 0.3 is 0 Å². The lowest BCUT2D eigenvalue weighted by molar-refractivity contribution is -0.130. The van der Waals surface area contributed by atoms with Crippen LogP contribution in [-0.2, 0) is 27.2 Å². The second-order valence-electron chi connectivity index (χ2n) is 8.80. The van der Waals surface area contributed by atoms with E-state index in [0.717, 1.165) is 38.9 Å². The topological polar surface area (TPSA) is 122 Å². The van der Waals surface area contributed by atoms with E-state index in [0.29, 0.717) is 24.5 Å². The molecule has 0 radical (unpaired) electrons. The van der Waals surface area contributed by atoms with E-state index in [-0.39, 0.29) is 31.1 Å². The van der Waals surface area contributed by atoms with Crippen molar-refractivity contribution in [2.24, 2.45) is 0 Å². The van der Waals surface area contributed by atoms with E-state index in [1.54, 1.807) is 14.2 Å². The number of aryl methyl sites for hydroxylation is 3. The molecule has 0 spiro atoms. The molecule has 192 valence electrons. The van der Waals surface area contributed by atoms with Crippen LogP contribution in [0.2, 0.25) is 0 Å². The Morgan fingerprint density at radius 3 is 2.28 bits per heavy atom. The Balaban J connectivity index is 1.39. The number of aromatic nitrogens is 1. The molecular weight excluding hydrogens is 460 g/mol. The zero-order valence-corrected chi connectivity index (χ0v) is 21.5. The van der Waals surface area contributed by atoms with Crippen LogP contribution in [0.5, 0.6) is 11.5 Å². The first kappa shape index (κ1) is 26.6. The Bertz CT molecular complexity index is 1260. The summed E-state index contributed by atoms with van der Waals surface area (Å²) in [5.41, 5.74) is 10.9. The maximum atomic E-state index is 12.4. The van der Waals surface area contributed by atoms with Crippen molar-refractivity contribution < 1.29 is 23.9 Å². The van der Waals surface area contributed by atoms with Crippen LogP contribution in [0, 0.1) is 20.8 Å². The fourth-order valence-electron chi connectivity index (χ4n) is 4.17. The van der Waals surface area contributed by atoms with Crippen LogP contribution in [0.25, 0.3) is 10.9 Å². The number of hydrogen-bond acceptors (Lipinski definition) is 5. The Morgan fingerprint density at radius 1 is 0.861 bits per heavy atom. The van der Waals surface area contributed by atoms with Crippen molar-refractivity contribution in [2.75, 3.05) is 20.8 Å². The van der Waals surface area contributed by atoms with Gasteiger partial charge in [0.15, 0.2) is 11.5 Å². The summed E-state index contributed by atoms with van der Waals surface area (Å²) < 4.78 is 10.5. The number of aromatic amines is 1. The highest BCUT2D eigenvalue weighted by atomic mass is 16.5. The van der Waals surface area contributed by atoms with Crippen molar-refractivity contribution in [1.82, 2.24) is 21.2 Å². The summed E-state index contributed by atoms with van der Waals surface area (Å²) in [5, 5.41) is 3.81. The van der Waals surface area contributed by atoms with Gasteiger partial charge < -0.3 is 19.8 Å². The van der Waals surface area contributed by atoms with Crippen LogP contribution in [0.3, 0.4) is 0 Å². The number of ether oxygens (including phenoxy) is 2. The summed E-state index contributed by atoms with van der Waals surface area (Å²) in [6.07, 6.45) is 0.729. The molecule has 0 atom stereocenters. The molecule has 0 unspecified atom stereocenters. The molecule has 4 N–H and O–H groups in total. The molecule has 9 heteroatoms. The number of nitrogens with one attached hydrogen (secondary N) is 4. The first-order valence-corrected chi connectivity index (χ1v) is 11.9. The molecule has 1 heterocycles. The second-order valence-corrected chi connectivity index (χ2v) is 8.80. The summed E-state index contributed by atoms with van der Waals surface area (Å²) in [7, 11) is 3.15. The van der Waals surface area contributed by atoms with Crippen molar-refractivity contribution in [1.29, 1.82) is 0 Å². The number of rotatable bonds is 10. The first-order valence-electron chi connectivity index (χ1n) is 11.9. The molecule has 0 aliphatic heterocycles. The number of carbonyl (C=O) groups is 3. The Kier molecular flexibility index (Phi) is 8.94. The maximum Gasteiger partial charge on any atom is 0.242 e. The van der Waals surface area contributed by atoms with E-state index >= 15 is 0 Å². The number of fused-ring (bicyclic) bond motifs is 1. The molecular formula is C27H34N4O5. The summed E-state index contributed by atoms with van der Waals surface area (Å²) in [6, 6.07) is 9.73. The van der Waals surface area contributed by atoms with E-state index in [2.05, 4.69) is 33.3 Å². The molecule has 0 bridgehead atoms. The number of benzene rings is 2. The molecule has 0 aliphatic rings. The van der Waals surface area contributed by atoms with Crippen molar-refractivity contribution in [3.8, 4) is 11.5 Å². The fraction of sp³-hybridized carbons (Fsp3) is 0.370. The molecule has 9 nitrogen and oxygen atoms in total. The van der Waals surface area contributed by atoms with Gasteiger partial charge in [0.1, 0.15) is 0 Å². The van der Waals surface area contributed by atoms with Gasteiger partial charge in [-0.15, -0.1) is 0 Å². The minimum absolute atomic E-state index is 0.0216. The lowest BCUT2D eigenvalue weighted by atomic mass is 10.0. The predicted octanol–water partition coefficient (Wildman–Crippen LogP) is 2.94. The number of methoxy groups -OCH3 is 2. The summed E-state index contributed by atoms with van der Waals surface area (Å²) in [6.45, 7) is 6.41. The van der Waals surface area contributed by atoms with E-state index in [1.807, 2.05) is 39.0 Å². The Morgan fingerprint density at radius 2 is 1.56 bits per heavy atom. The number of H-pyrrole nitrogens is 1. The largest absolute Gasteiger partial charge is 0.493 e. The molecule has 0 aliphatic carbocycles. The summed E-state index contributed by atoms with van der Waals surface area (Å²) in [4.78, 5) is 40.0. The quantitative estimate of drug-likeness (QED) is 0.323. The minimum atomic E-state index is -0.430. The Hall–Kier alpha value is -4.01. The maximum absolute atomic E-state index is 12.4. The van der Waals surface area contributed by atoms with Gasteiger partial charge in [0.2, 0.25) is 17.7 Å². The van der Waals surface area contributed by atoms with Crippen LogP contribution in [0.15, 0.2) is 30.3 Å². The standard InChI is InChI=1S/C27H34N4O5/c1-16-12-17(2)27-21(13-16)20(18(3)29-27)15-26(34)31-30-25(33)9-8-24(32)28-11-10-19-6-7-22(35-4)23(14-19)36-5/h6-7,12-14,29H,8-11,15H2,1-5H3,(H,28,32)(H,30,33)(H,31,34). The van der Waals surface area contributed by atoms with Crippen LogP contribution in [0.4, 0.5) is 0 Å². The van der Waals surface area contributed by atoms with Crippen molar-refractivity contribution in [2.45, 2.75) is 46.5 Å². The normalized spacial score (nSPS) is 10.7. The van der Waals surface area contributed by atoms with E-state index in [1.165, 1.54) is 0 Å². The number of hydrogen-bond donors (Lipinski definition) is 4. The van der Waals surface area contributed by atoms with Gasteiger partial charge in [-0.05, 0) is 62.1 Å². The molecule has 3 amide bonds. The zero-order valence-electron chi connectivity index (χ0n) is 21.5. The third kappa shape index (κ3) is 6.78. The molecule has 1 aromatic heterocycles. The lowest BCUT2D eigenvalue weighted by Crippen LogP contribution is -2.42. The molecule has 0 saturated carbocycles. The third-order valence-electron chi connectivity index (χ3n) is 6.01. The van der Waals surface area contributed by atoms with Crippen LogP contribution in [-0.4, -0.2) is 43.5 Å². The summed E-state index contributed by atoms with van der Waals surface area (Å²) >= 11 is 0. The predicted molar refractivity (Wildman–Crippen MR) is 138 cm³/mol. The van der Waals surface area contributed by atoms with Crippen molar-refractivity contribution >= 4 is 28.6 Å². The van der Waals surface area contributed by atoms with E-state index in [4.69, 9.17) is 9.47 Å². The van der Waals surface area contributed by atoms with E-state index < -0.39 is 5.91 Å². The van der Waals surface area contributed by atoms with Gasteiger partial charge in [-0.2, -0.15) is 0 Å². The monoisotopic (exact) mass is 494 g/mol. The highest BCUT2D eigenvalue weighted by molar-refractivity contribution is 5.93. The average molecular weight is 495 g/mol. The van der Waals surface area contributed by atoms with E-state index in [9.17, 15) is 14.4 Å². The molecule has 0 fully saturated rings. The molecule has 3 rings (SSSR count). The highest BCUT2D eigenvalue weighted by Crippen LogP contribution is 2.28. The third-order valence-corrected chi connectivity index (χ3v) is 6.01. The molecule has 36 heavy (non-hydrogen) atoms. The average Bonchev–Trinajstić information content (AvgIpc) is 3.16. The smallest absolute Gasteiger partial charge is 0.242 e. The summed E-state index contributed by atoms with van der Waals surface area (Å²) in [5.74, 6) is 0.277. The molecule has 0 saturated heterocycles. The minimum Gasteiger partial charge on any atom is -0.493 e. The van der Waals surface area contributed by atoms with Gasteiger partial charge in [0, 0.05) is 36.0 Å². The fourth-order valence-corrected chi connectivity index (χ4v) is 4.17. The van der Waals surface area contributed by atoms with Gasteiger partial charge in [-0.1, -0.05) is 17.7 Å². The molecule has 3 aromatic rings. The highest BCUT2D eigenvalue weighted by Gasteiger charge is 2.15. The molecule has 2 aromatic carbocycles. The van der Waals surface area contributed by atoms with Crippen molar-refractivity contribution in [3.63, 3.8) is 0 Å². The second kappa shape index (κ2) is 12.1. The van der Waals surface area contributed by atoms with Gasteiger partial charge in [0.25, 0.3) is 0 Å². The van der Waals surface area contributed by atoms with Crippen LogP contribution < -0.4 is 25.6 Å². The van der Waals surface area contributed by atoms with Crippen LogP contribution >= 0.6 is 0 Å². The zero-order chi connectivity index (χ0) is 26.2. The number of amides is 3. The van der Waals surface area contributed by atoms with Crippen molar-refractivity contribution in [3.05, 3.63) is 58.3 Å². The van der Waals surface area contributed by atoms with Gasteiger partial charge in [0.05, 0.1) is 20.6 Å². The van der Waals surface area contributed by atoms with Gasteiger partial charge in [-0.25, -0.2) is 0 Å². The Labute approximate surface area is 210 Å². The SMILES string of the molecule is COc1ccc(CCNC(=O)CCC(=O)NNC(=O)Cc2c(C)[nH]c3c(C)cc(C)cc23)cc1OC. The van der Waals surface area contributed by atoms with Crippen LogP contribution in [0.1, 0.15) is 40.8 Å². The van der Waals surface area contributed by atoms with Gasteiger partial charge in [-0.3, -0.25) is 25.2 Å². The number of hydrazine groups is 1.